The van der Waals surface area contributed by atoms with Gasteiger partial charge in [-0.1, -0.05) is 26.0 Å². The number of hydrogen-bond donors (Lipinski definition) is 1. The van der Waals surface area contributed by atoms with Crippen LogP contribution in [-0.4, -0.2) is 43.5 Å². The highest BCUT2D eigenvalue weighted by atomic mass is 16.5. The molecule has 1 aromatic carbocycles. The molecule has 120 valence electrons. The first-order valence-corrected chi connectivity index (χ1v) is 7.68. The number of ether oxygens (including phenoxy) is 1. The van der Waals surface area contributed by atoms with Crippen LogP contribution in [0.25, 0.3) is 0 Å². The number of benzene rings is 1. The molecule has 5 nitrogen and oxygen atoms in total. The number of carbonyl (C=O) groups is 2. The van der Waals surface area contributed by atoms with Gasteiger partial charge in [-0.2, -0.15) is 0 Å². The Balaban J connectivity index is 2.17. The Labute approximate surface area is 131 Å². The summed E-state index contributed by atoms with van der Waals surface area (Å²) in [5.74, 6) is 0.723. The van der Waals surface area contributed by atoms with Gasteiger partial charge in [0.05, 0.1) is 11.3 Å². The lowest BCUT2D eigenvalue weighted by Crippen LogP contribution is -2.42. The summed E-state index contributed by atoms with van der Waals surface area (Å²) in [4.78, 5) is 26.4. The average Bonchev–Trinajstić information content (AvgIpc) is 2.46. The van der Waals surface area contributed by atoms with Crippen molar-refractivity contribution in [2.45, 2.75) is 20.3 Å². The minimum atomic E-state index is -0.261. The van der Waals surface area contributed by atoms with E-state index >= 15 is 0 Å². The number of para-hydroxylation sites is 1. The maximum absolute atomic E-state index is 12.8. The van der Waals surface area contributed by atoms with E-state index in [4.69, 9.17) is 4.74 Å². The number of carbonyl (C=O) groups excluding carboxylic acids is 2. The predicted octanol–water partition coefficient (Wildman–Crippen LogP) is 2.39. The molecule has 0 unspecified atom stereocenters. The van der Waals surface area contributed by atoms with Crippen molar-refractivity contribution in [3.8, 4) is 0 Å². The van der Waals surface area contributed by atoms with E-state index in [1.165, 1.54) is 7.11 Å². The van der Waals surface area contributed by atoms with Gasteiger partial charge in [0, 0.05) is 20.2 Å². The number of nitrogens with one attached hydrogen (secondary N) is 1. The molecule has 1 aliphatic rings. The average molecular weight is 304 g/mol. The zero-order chi connectivity index (χ0) is 16.1. The molecule has 0 saturated carbocycles. The van der Waals surface area contributed by atoms with E-state index in [-0.39, 0.29) is 18.4 Å². The van der Waals surface area contributed by atoms with Crippen LogP contribution in [0, 0.1) is 11.8 Å². The second-order valence-electron chi connectivity index (χ2n) is 6.18. The monoisotopic (exact) mass is 304 g/mol. The van der Waals surface area contributed by atoms with Crippen molar-refractivity contribution in [2.75, 3.05) is 32.1 Å². The zero-order valence-electron chi connectivity index (χ0n) is 13.5. The molecular weight excluding hydrogens is 280 g/mol. The lowest BCUT2D eigenvalue weighted by Gasteiger charge is -2.35. The first-order chi connectivity index (χ1) is 10.5. The van der Waals surface area contributed by atoms with Crippen molar-refractivity contribution in [3.63, 3.8) is 0 Å². The van der Waals surface area contributed by atoms with E-state index in [1.54, 1.807) is 18.2 Å². The van der Waals surface area contributed by atoms with Gasteiger partial charge in [0.1, 0.15) is 6.61 Å². The van der Waals surface area contributed by atoms with E-state index < -0.39 is 0 Å². The molecule has 5 heteroatoms. The van der Waals surface area contributed by atoms with Gasteiger partial charge in [-0.3, -0.25) is 9.59 Å². The molecule has 0 aliphatic carbocycles. The lowest BCUT2D eigenvalue weighted by molar-refractivity contribution is -0.119. The van der Waals surface area contributed by atoms with Gasteiger partial charge in [0.25, 0.3) is 5.91 Å². The molecule has 2 rings (SSSR count). The SMILES string of the molecule is COCC(=O)Nc1ccccc1C(=O)N1C[C@H](C)C[C@H](C)C1. The van der Waals surface area contributed by atoms with Gasteiger partial charge in [-0.15, -0.1) is 0 Å². The highest BCUT2D eigenvalue weighted by molar-refractivity contribution is 6.04. The molecule has 1 N–H and O–H groups in total. The number of piperidine rings is 1. The summed E-state index contributed by atoms with van der Waals surface area (Å²) in [6, 6.07) is 7.13. The predicted molar refractivity (Wildman–Crippen MR) is 85.8 cm³/mol. The third-order valence-electron chi connectivity index (χ3n) is 3.86. The number of anilines is 1. The number of methoxy groups -OCH3 is 1. The first-order valence-electron chi connectivity index (χ1n) is 7.68. The maximum Gasteiger partial charge on any atom is 0.255 e. The molecule has 1 aliphatic heterocycles. The molecule has 0 spiro atoms. The molecule has 22 heavy (non-hydrogen) atoms. The van der Waals surface area contributed by atoms with Crippen molar-refractivity contribution in [3.05, 3.63) is 29.8 Å². The van der Waals surface area contributed by atoms with Gasteiger partial charge < -0.3 is 15.0 Å². The molecular formula is C17H24N2O3. The summed E-state index contributed by atoms with van der Waals surface area (Å²) in [7, 11) is 1.47. The molecule has 0 radical (unpaired) electrons. The molecule has 2 amide bonds. The summed E-state index contributed by atoms with van der Waals surface area (Å²) in [6.45, 7) is 5.85. The summed E-state index contributed by atoms with van der Waals surface area (Å²) in [5, 5.41) is 2.74. The Hall–Kier alpha value is -1.88. The Morgan fingerprint density at radius 2 is 1.86 bits per heavy atom. The number of likely N-dealkylation sites (tertiary alicyclic amines) is 1. The normalized spacial score (nSPS) is 21.5. The van der Waals surface area contributed by atoms with Crippen molar-refractivity contribution < 1.29 is 14.3 Å². The summed E-state index contributed by atoms with van der Waals surface area (Å²) in [6.07, 6.45) is 1.15. The largest absolute Gasteiger partial charge is 0.375 e. The van der Waals surface area contributed by atoms with Crippen LogP contribution in [0.1, 0.15) is 30.6 Å². The minimum absolute atomic E-state index is 0.0216. The van der Waals surface area contributed by atoms with Crippen LogP contribution in [0.4, 0.5) is 5.69 Å². The molecule has 1 heterocycles. The molecule has 2 atom stereocenters. The van der Waals surface area contributed by atoms with E-state index in [1.807, 2.05) is 11.0 Å². The van der Waals surface area contributed by atoms with E-state index in [9.17, 15) is 9.59 Å². The third kappa shape index (κ3) is 4.07. The van der Waals surface area contributed by atoms with Gasteiger partial charge >= 0.3 is 0 Å². The summed E-state index contributed by atoms with van der Waals surface area (Å²) in [5.41, 5.74) is 1.08. The molecule has 0 bridgehead atoms. The van der Waals surface area contributed by atoms with Crippen molar-refractivity contribution in [1.29, 1.82) is 0 Å². The molecule has 1 aromatic rings. The van der Waals surface area contributed by atoms with Crippen LogP contribution >= 0.6 is 0 Å². The van der Waals surface area contributed by atoms with Crippen LogP contribution in [0.3, 0.4) is 0 Å². The van der Waals surface area contributed by atoms with Crippen LogP contribution in [0.2, 0.25) is 0 Å². The van der Waals surface area contributed by atoms with Crippen LogP contribution in [0.5, 0.6) is 0 Å². The van der Waals surface area contributed by atoms with Gasteiger partial charge in [-0.05, 0) is 30.4 Å². The first kappa shape index (κ1) is 16.5. The van der Waals surface area contributed by atoms with Crippen LogP contribution in [-0.2, 0) is 9.53 Å². The number of nitrogens with zero attached hydrogens (tertiary/aromatic N) is 1. The van der Waals surface area contributed by atoms with Crippen LogP contribution in [0.15, 0.2) is 24.3 Å². The van der Waals surface area contributed by atoms with Crippen molar-refractivity contribution >= 4 is 17.5 Å². The van der Waals surface area contributed by atoms with Crippen molar-refractivity contribution in [1.82, 2.24) is 4.90 Å². The van der Waals surface area contributed by atoms with Gasteiger partial charge in [0.2, 0.25) is 5.91 Å². The Kier molecular flexibility index (Phi) is 5.55. The Bertz CT molecular complexity index is 534. The molecule has 1 fully saturated rings. The van der Waals surface area contributed by atoms with E-state index in [0.717, 1.165) is 19.5 Å². The standard InChI is InChI=1S/C17H24N2O3/c1-12-8-13(2)10-19(9-12)17(21)14-6-4-5-7-15(14)18-16(20)11-22-3/h4-7,12-13H,8-11H2,1-3H3,(H,18,20)/t12-,13+. The fourth-order valence-corrected chi connectivity index (χ4v) is 3.10. The number of rotatable bonds is 4. The maximum atomic E-state index is 12.8. The second-order valence-corrected chi connectivity index (χ2v) is 6.18. The number of amides is 2. The molecule has 1 saturated heterocycles. The van der Waals surface area contributed by atoms with Gasteiger partial charge in [0.15, 0.2) is 0 Å². The highest BCUT2D eigenvalue weighted by Crippen LogP contribution is 2.24. The topological polar surface area (TPSA) is 58.6 Å². The third-order valence-corrected chi connectivity index (χ3v) is 3.86. The highest BCUT2D eigenvalue weighted by Gasteiger charge is 2.27. The Morgan fingerprint density at radius 1 is 1.23 bits per heavy atom. The second kappa shape index (κ2) is 7.40. The van der Waals surface area contributed by atoms with Crippen LogP contribution < -0.4 is 5.32 Å². The zero-order valence-corrected chi connectivity index (χ0v) is 13.5. The quantitative estimate of drug-likeness (QED) is 0.929. The summed E-state index contributed by atoms with van der Waals surface area (Å²) < 4.78 is 4.81. The van der Waals surface area contributed by atoms with E-state index in [2.05, 4.69) is 19.2 Å². The fraction of sp³-hybridized carbons (Fsp3) is 0.529. The minimum Gasteiger partial charge on any atom is -0.375 e. The fourth-order valence-electron chi connectivity index (χ4n) is 3.10. The van der Waals surface area contributed by atoms with Crippen molar-refractivity contribution in [2.24, 2.45) is 11.8 Å². The van der Waals surface area contributed by atoms with E-state index in [0.29, 0.717) is 23.1 Å². The summed E-state index contributed by atoms with van der Waals surface area (Å²) >= 11 is 0. The Morgan fingerprint density at radius 3 is 2.50 bits per heavy atom. The smallest absolute Gasteiger partial charge is 0.255 e. The van der Waals surface area contributed by atoms with Gasteiger partial charge in [-0.25, -0.2) is 0 Å². The lowest BCUT2D eigenvalue weighted by atomic mass is 9.91. The molecule has 0 aromatic heterocycles. The number of hydrogen-bond acceptors (Lipinski definition) is 3.